The molecule has 3 rings (SSSR count). The number of nitrogens with one attached hydrogen (secondary N) is 2. The fourth-order valence-electron chi connectivity index (χ4n) is 2.25. The van der Waals surface area contributed by atoms with Gasteiger partial charge in [0.1, 0.15) is 5.54 Å². The molecule has 19 heavy (non-hydrogen) atoms. The summed E-state index contributed by atoms with van der Waals surface area (Å²) in [7, 11) is 0. The molecule has 0 saturated carbocycles. The highest BCUT2D eigenvalue weighted by Crippen LogP contribution is 2.33. The molecule has 2 aliphatic rings. The first kappa shape index (κ1) is 11.8. The van der Waals surface area contributed by atoms with Gasteiger partial charge in [0.05, 0.1) is 0 Å². The highest BCUT2D eigenvalue weighted by atomic mass is 16.7. The van der Waals surface area contributed by atoms with Crippen LogP contribution in [0.5, 0.6) is 11.5 Å². The van der Waals surface area contributed by atoms with Crippen LogP contribution in [0.3, 0.4) is 0 Å². The van der Waals surface area contributed by atoms with Crippen molar-refractivity contribution in [2.45, 2.75) is 25.3 Å². The third kappa shape index (κ3) is 2.09. The topological polar surface area (TPSA) is 76.7 Å². The summed E-state index contributed by atoms with van der Waals surface area (Å²) in [6, 6.07) is 5.26. The van der Waals surface area contributed by atoms with E-state index in [1.807, 2.05) is 18.2 Å². The fourth-order valence-corrected chi connectivity index (χ4v) is 2.25. The first-order chi connectivity index (χ1) is 9.07. The van der Waals surface area contributed by atoms with Gasteiger partial charge in [-0.05, 0) is 37.5 Å². The Hall–Kier alpha value is -2.24. The van der Waals surface area contributed by atoms with Crippen LogP contribution >= 0.6 is 0 Å². The van der Waals surface area contributed by atoms with Crippen molar-refractivity contribution in [3.8, 4) is 11.5 Å². The van der Waals surface area contributed by atoms with Gasteiger partial charge in [0.2, 0.25) is 6.79 Å². The molecule has 0 spiro atoms. The van der Waals surface area contributed by atoms with Crippen molar-refractivity contribution in [2.24, 2.45) is 0 Å². The Bertz CT molecular complexity index is 558. The van der Waals surface area contributed by atoms with Gasteiger partial charge in [0, 0.05) is 0 Å². The molecule has 3 amide bonds. The third-order valence-corrected chi connectivity index (χ3v) is 3.47. The van der Waals surface area contributed by atoms with Crippen LogP contribution in [0.25, 0.3) is 0 Å². The highest BCUT2D eigenvalue weighted by molar-refractivity contribution is 6.06. The number of fused-ring (bicyclic) bond motifs is 1. The second kappa shape index (κ2) is 4.15. The first-order valence-corrected chi connectivity index (χ1v) is 6.09. The van der Waals surface area contributed by atoms with Gasteiger partial charge < -0.3 is 14.8 Å². The molecule has 1 aromatic carbocycles. The van der Waals surface area contributed by atoms with Crippen molar-refractivity contribution < 1.29 is 19.1 Å². The van der Waals surface area contributed by atoms with Gasteiger partial charge in [-0.3, -0.25) is 10.1 Å². The maximum absolute atomic E-state index is 11.7. The van der Waals surface area contributed by atoms with Crippen molar-refractivity contribution in [1.29, 1.82) is 0 Å². The lowest BCUT2D eigenvalue weighted by atomic mass is 9.93. The van der Waals surface area contributed by atoms with Gasteiger partial charge in [-0.25, -0.2) is 4.79 Å². The van der Waals surface area contributed by atoms with Crippen LogP contribution in [-0.2, 0) is 11.2 Å². The Morgan fingerprint density at radius 2 is 2.05 bits per heavy atom. The molecule has 6 heteroatoms. The summed E-state index contributed by atoms with van der Waals surface area (Å²) in [5.41, 5.74) is 0.201. The Balaban J connectivity index is 1.69. The minimum atomic E-state index is -0.840. The van der Waals surface area contributed by atoms with E-state index in [2.05, 4.69) is 10.6 Å². The number of rotatable bonds is 3. The number of amides is 3. The Labute approximate surface area is 110 Å². The second-order valence-corrected chi connectivity index (χ2v) is 4.93. The van der Waals surface area contributed by atoms with Gasteiger partial charge in [0.25, 0.3) is 5.91 Å². The number of hydrogen-bond acceptors (Lipinski definition) is 4. The van der Waals surface area contributed by atoms with Gasteiger partial charge in [-0.1, -0.05) is 6.07 Å². The molecule has 1 atom stereocenters. The number of carbonyl (C=O) groups excluding carboxylic acids is 2. The van der Waals surface area contributed by atoms with Crippen LogP contribution in [0.1, 0.15) is 18.9 Å². The average Bonchev–Trinajstić information content (AvgIpc) is 2.92. The lowest BCUT2D eigenvalue weighted by Crippen LogP contribution is -2.43. The van der Waals surface area contributed by atoms with Crippen LogP contribution in [0.2, 0.25) is 0 Å². The minimum Gasteiger partial charge on any atom is -0.454 e. The van der Waals surface area contributed by atoms with Crippen molar-refractivity contribution in [1.82, 2.24) is 10.6 Å². The SMILES string of the molecule is CC1(CCc2ccc3c(c2)OCO3)NC(=O)NC1=O. The van der Waals surface area contributed by atoms with E-state index < -0.39 is 11.6 Å². The molecule has 1 fully saturated rings. The van der Waals surface area contributed by atoms with E-state index in [-0.39, 0.29) is 12.7 Å². The maximum atomic E-state index is 11.7. The number of imide groups is 1. The van der Waals surface area contributed by atoms with Gasteiger partial charge >= 0.3 is 6.03 Å². The average molecular weight is 262 g/mol. The molecule has 6 nitrogen and oxygen atoms in total. The molecule has 0 aromatic heterocycles. The molecule has 100 valence electrons. The van der Waals surface area contributed by atoms with Crippen LogP contribution in [-0.4, -0.2) is 24.3 Å². The largest absolute Gasteiger partial charge is 0.454 e. The predicted octanol–water partition coefficient (Wildman–Crippen LogP) is 0.946. The molecule has 1 aromatic rings. The summed E-state index contributed by atoms with van der Waals surface area (Å²) in [6.45, 7) is 1.97. The normalized spacial score (nSPS) is 24.3. The Kier molecular flexibility index (Phi) is 2.58. The second-order valence-electron chi connectivity index (χ2n) is 4.93. The van der Waals surface area contributed by atoms with Crippen molar-refractivity contribution in [3.63, 3.8) is 0 Å². The Morgan fingerprint density at radius 3 is 2.79 bits per heavy atom. The zero-order valence-corrected chi connectivity index (χ0v) is 10.5. The molecular formula is C13H14N2O4. The minimum absolute atomic E-state index is 0.245. The summed E-state index contributed by atoms with van der Waals surface area (Å²) >= 11 is 0. The highest BCUT2D eigenvalue weighted by Gasteiger charge is 2.41. The zero-order valence-electron chi connectivity index (χ0n) is 10.5. The van der Waals surface area contributed by atoms with Gasteiger partial charge in [0.15, 0.2) is 11.5 Å². The maximum Gasteiger partial charge on any atom is 0.322 e. The molecule has 0 aliphatic carbocycles. The van der Waals surface area contributed by atoms with E-state index >= 15 is 0 Å². The van der Waals surface area contributed by atoms with E-state index in [1.54, 1.807) is 6.92 Å². The van der Waals surface area contributed by atoms with E-state index in [0.717, 1.165) is 17.1 Å². The number of benzene rings is 1. The van der Waals surface area contributed by atoms with Gasteiger partial charge in [-0.15, -0.1) is 0 Å². The van der Waals surface area contributed by atoms with E-state index in [9.17, 15) is 9.59 Å². The number of ether oxygens (including phenoxy) is 2. The van der Waals surface area contributed by atoms with Crippen LogP contribution in [0, 0.1) is 0 Å². The van der Waals surface area contributed by atoms with E-state index in [4.69, 9.17) is 9.47 Å². The lowest BCUT2D eigenvalue weighted by Gasteiger charge is -2.20. The predicted molar refractivity (Wildman–Crippen MR) is 66.0 cm³/mol. The molecular weight excluding hydrogens is 248 g/mol. The Morgan fingerprint density at radius 1 is 1.26 bits per heavy atom. The zero-order chi connectivity index (χ0) is 13.5. The molecule has 1 unspecified atom stereocenters. The third-order valence-electron chi connectivity index (χ3n) is 3.47. The van der Waals surface area contributed by atoms with Crippen molar-refractivity contribution >= 4 is 11.9 Å². The number of carbonyl (C=O) groups is 2. The van der Waals surface area contributed by atoms with Crippen LogP contribution in [0.15, 0.2) is 18.2 Å². The smallest absolute Gasteiger partial charge is 0.322 e. The monoisotopic (exact) mass is 262 g/mol. The van der Waals surface area contributed by atoms with E-state index in [0.29, 0.717) is 12.8 Å². The fraction of sp³-hybridized carbons (Fsp3) is 0.385. The number of aryl methyl sites for hydroxylation is 1. The summed E-state index contributed by atoms with van der Waals surface area (Å²) in [4.78, 5) is 22.8. The molecule has 2 heterocycles. The van der Waals surface area contributed by atoms with E-state index in [1.165, 1.54) is 0 Å². The summed E-state index contributed by atoms with van der Waals surface area (Å²) in [5, 5.41) is 4.90. The first-order valence-electron chi connectivity index (χ1n) is 6.09. The van der Waals surface area contributed by atoms with Crippen molar-refractivity contribution in [2.75, 3.05) is 6.79 Å². The molecule has 1 saturated heterocycles. The quantitative estimate of drug-likeness (QED) is 0.795. The standard InChI is InChI=1S/C13H14N2O4/c1-13(11(16)14-12(17)15-13)5-4-8-2-3-9-10(6-8)19-7-18-9/h2-3,6H,4-5,7H2,1H3,(H2,14,15,16,17). The van der Waals surface area contributed by atoms with Crippen molar-refractivity contribution in [3.05, 3.63) is 23.8 Å². The number of urea groups is 1. The molecule has 0 bridgehead atoms. The molecule has 2 N–H and O–H groups in total. The molecule has 0 radical (unpaired) electrons. The molecule has 2 aliphatic heterocycles. The lowest BCUT2D eigenvalue weighted by molar-refractivity contribution is -0.123. The summed E-state index contributed by atoms with van der Waals surface area (Å²) < 4.78 is 10.5. The summed E-state index contributed by atoms with van der Waals surface area (Å²) in [6.07, 6.45) is 1.20. The van der Waals surface area contributed by atoms with Gasteiger partial charge in [-0.2, -0.15) is 0 Å². The number of hydrogen-bond donors (Lipinski definition) is 2. The summed E-state index contributed by atoms with van der Waals surface area (Å²) in [5.74, 6) is 1.18. The van der Waals surface area contributed by atoms with Crippen LogP contribution in [0.4, 0.5) is 4.79 Å². The van der Waals surface area contributed by atoms with Crippen LogP contribution < -0.4 is 20.1 Å².